The third kappa shape index (κ3) is 27.9. The highest BCUT2D eigenvalue weighted by molar-refractivity contribution is 5.85. The summed E-state index contributed by atoms with van der Waals surface area (Å²) in [5, 5.41) is 0. The highest BCUT2D eigenvalue weighted by Crippen LogP contribution is 2.71. The first kappa shape index (κ1) is 113. The van der Waals surface area contributed by atoms with Gasteiger partial charge in [-0.15, -0.1) is 0 Å². The minimum absolute atomic E-state index is 0. The van der Waals surface area contributed by atoms with E-state index < -0.39 is 54.9 Å². The summed E-state index contributed by atoms with van der Waals surface area (Å²) in [5.74, 6) is 7.34. The molecule has 28 bridgehead atoms. The van der Waals surface area contributed by atoms with Crippen LogP contribution >= 0.6 is 0 Å². The molecule has 26 heteroatoms. The second-order valence-electron chi connectivity index (χ2n) is 51.3. The van der Waals surface area contributed by atoms with Gasteiger partial charge in [0.2, 0.25) is 6.79 Å². The molecule has 28 saturated carbocycles. The Kier molecular flexibility index (Phi) is 36.1. The fraction of sp³-hybridized carbons (Fsp3) is 0.778. The zero-order chi connectivity index (χ0) is 100. The lowest BCUT2D eigenvalue weighted by molar-refractivity contribution is -0.203. The van der Waals surface area contributed by atoms with E-state index >= 15 is 0 Å². The first-order valence-electron chi connectivity index (χ1n) is 53.1. The van der Waals surface area contributed by atoms with Crippen molar-refractivity contribution in [3.8, 4) is 0 Å². The number of rotatable bonds is 30. The molecule has 798 valence electrons. The van der Waals surface area contributed by atoms with Crippen molar-refractivity contribution in [2.45, 2.75) is 370 Å². The minimum Gasteiger partial charge on any atom is -0.465 e. The average Bonchev–Trinajstić information content (AvgIpc) is 0.709. The zero-order valence-corrected chi connectivity index (χ0v) is 85.1. The van der Waals surface area contributed by atoms with Gasteiger partial charge in [0.05, 0.1) is 30.7 Å². The Labute approximate surface area is 852 Å². The molecule has 28 rings (SSSR count). The van der Waals surface area contributed by atoms with Crippen LogP contribution in [0.25, 0.3) is 0 Å². The fourth-order valence-electron chi connectivity index (χ4n) is 36.9. The van der Waals surface area contributed by atoms with Crippen molar-refractivity contribution in [3.63, 3.8) is 0 Å². The van der Waals surface area contributed by atoms with Crippen LogP contribution in [0.4, 0.5) is 9.59 Å². The van der Waals surface area contributed by atoms with E-state index in [1.54, 1.807) is 0 Å². The van der Waals surface area contributed by atoms with E-state index in [4.69, 9.17) is 61.6 Å². The first-order chi connectivity index (χ1) is 66.3. The van der Waals surface area contributed by atoms with Crippen LogP contribution in [0.3, 0.4) is 0 Å². The smallest absolute Gasteiger partial charge is 0.465 e. The summed E-state index contributed by atoms with van der Waals surface area (Å²) in [4.78, 5) is 138. The van der Waals surface area contributed by atoms with E-state index in [1.807, 2.05) is 0 Å². The van der Waals surface area contributed by atoms with Crippen molar-refractivity contribution in [2.75, 3.05) is 59.6 Å². The van der Waals surface area contributed by atoms with Crippen molar-refractivity contribution in [3.05, 3.63) is 88.6 Å². The van der Waals surface area contributed by atoms with E-state index in [0.29, 0.717) is 129 Å². The normalized spacial score (nSPS) is 40.4. The van der Waals surface area contributed by atoms with Crippen molar-refractivity contribution >= 4 is 72.0 Å². The second kappa shape index (κ2) is 45.6. The number of ether oxygens (including phenoxy) is 14. The molecule has 0 amide bonds. The number of esters is 10. The monoisotopic (exact) mass is 2000 g/mol. The summed E-state index contributed by atoms with van der Waals surface area (Å²) in [7, 11) is 0. The minimum atomic E-state index is -0.739. The van der Waals surface area contributed by atoms with Crippen molar-refractivity contribution in [1.29, 1.82) is 0 Å². The molecule has 0 N–H and O–H groups in total. The summed E-state index contributed by atoms with van der Waals surface area (Å²) < 4.78 is 72.9. The lowest BCUT2D eigenvalue weighted by Gasteiger charge is -2.61. The average molecular weight is 2000 g/mol. The maximum Gasteiger partial charge on any atom is 0.511 e. The molecule has 28 fully saturated rings. The topological polar surface area (TPSA) is 334 Å². The fourth-order valence-corrected chi connectivity index (χ4v) is 36.9. The quantitative estimate of drug-likeness (QED) is 0.0212. The number of unbranched alkanes of at least 4 members (excludes halogenated alkanes) is 1. The number of carbonyl (C=O) groups is 12. The molecule has 0 saturated heterocycles. The van der Waals surface area contributed by atoms with Gasteiger partial charge in [-0.25, -0.2) is 47.9 Å². The SMILES string of the molecule is C.C.C.C=CC(=O)OC1C2CC3CC1CC(C)(C3)C2.C=CC(=O)OCC(=O)OC12CC3CC(CC(C)(C3)C1)C2.C=CC(=O)OCC12CC3CC(CC(C)(C3)C1)C2.C=CC(=O)OCCCCOC(=O)C12CC3CC(CC(C)(C3)C1)C2.C=CC(=O)OCCOC(=O)C12CC3CC(CC(C)(C3)C1)C2.C=CC(=O)OCCOC(=O)OC12CC3CC(CC(C)(C3)C1)C2.C=CC(=O)OCOC(=O)OC12CC3CC(CC(C)(C3)C1)C2. The lowest BCUT2D eigenvalue weighted by atomic mass is 9.44. The van der Waals surface area contributed by atoms with E-state index in [0.717, 1.165) is 163 Å². The Bertz CT molecular complexity index is 4560. The van der Waals surface area contributed by atoms with E-state index in [1.165, 1.54) is 179 Å². The van der Waals surface area contributed by atoms with Gasteiger partial charge in [-0.05, 0) is 403 Å². The van der Waals surface area contributed by atoms with Crippen molar-refractivity contribution in [2.24, 2.45) is 143 Å². The maximum atomic E-state index is 12.7. The van der Waals surface area contributed by atoms with Gasteiger partial charge in [-0.2, -0.15) is 0 Å². The van der Waals surface area contributed by atoms with Gasteiger partial charge in [0.1, 0.15) is 49.3 Å². The maximum absolute atomic E-state index is 12.7. The second-order valence-corrected chi connectivity index (χ2v) is 51.3. The van der Waals surface area contributed by atoms with E-state index in [9.17, 15) is 57.5 Å². The molecule has 0 aromatic heterocycles. The van der Waals surface area contributed by atoms with Crippen molar-refractivity contribution < 1.29 is 124 Å². The predicted octanol–water partition coefficient (Wildman–Crippen LogP) is 23.7. The Balaban J connectivity index is 0.000000149. The number of hydrogen-bond donors (Lipinski definition) is 0. The molecule has 0 radical (unpaired) electrons. The standard InChI is InChI=1S/C19H28O4.C17H24O5.C17H24O4.C16H22O5.C16H22O4.C15H22O2.C14H20O2.3CH4/c1-3-16(20)22-6-4-5-7-23-17(21)19-11-14-8-15(12-19)10-18(2,9-14)13-19;1-3-14(18)20-4-5-21-15(19)22-17-9-12-6-13(10-17)8-16(2,7-12)11-17;1-3-14(18)20-4-5-21-15(19)17-9-12-6-13(10-17)8-16(2,7-12)11-17;1-3-13(17)19-10-20-14(18)21-16-7-11-4-12(8-16)6-15(2,5-11)9-16;1-3-13(17)19-9-14(18)20-16-7-11-4-12(8-16)6-15(2,5-11)10-16;1-3-13(16)17-10-15-7-11-4-12(8-15)6-14(2,5-11)9-15;1-3-12(15)16-13-10-4-9-5-11(13)8-14(2,6-9)7-10;;;/h3,14-15H,1,4-13H2,2H3;3,12-13H,1,4-11H2,2H3;3,12-13H,1,4-11H2,2H3;3,11-12H,1,4-10H2,2H3;3,11-12H,1,4-10H2,2H3;3,11-12H,1,4-10H2,2H3;3,9-11,13H,1,4-8H2,2H3;3*1H4. The van der Waals surface area contributed by atoms with Crippen LogP contribution in [0.5, 0.6) is 0 Å². The van der Waals surface area contributed by atoms with Gasteiger partial charge in [0.15, 0.2) is 6.61 Å². The molecule has 0 spiro atoms. The molecule has 0 heterocycles. The molecule has 0 aromatic rings. The van der Waals surface area contributed by atoms with E-state index in [2.05, 4.69) is 99.3 Å². The summed E-state index contributed by atoms with van der Waals surface area (Å²) >= 11 is 0. The third-order valence-electron chi connectivity index (χ3n) is 37.1. The van der Waals surface area contributed by atoms with Gasteiger partial charge in [-0.3, -0.25) is 9.59 Å². The molecule has 14 atom stereocenters. The highest BCUT2D eigenvalue weighted by Gasteiger charge is 2.66. The molecule has 0 aromatic carbocycles. The van der Waals surface area contributed by atoms with Gasteiger partial charge in [0, 0.05) is 47.9 Å². The Hall–Kier alpha value is -8.58. The molecule has 0 aliphatic heterocycles. The van der Waals surface area contributed by atoms with Gasteiger partial charge >= 0.3 is 72.0 Å². The van der Waals surface area contributed by atoms with Gasteiger partial charge in [-0.1, -0.05) is 117 Å². The largest absolute Gasteiger partial charge is 0.511 e. The van der Waals surface area contributed by atoms with Crippen LogP contribution in [0, 0.1) is 143 Å². The van der Waals surface area contributed by atoms with Crippen LogP contribution in [0.2, 0.25) is 0 Å². The van der Waals surface area contributed by atoms with Crippen LogP contribution in [-0.4, -0.2) is 155 Å². The van der Waals surface area contributed by atoms with Crippen LogP contribution in [0.15, 0.2) is 88.6 Å². The summed E-state index contributed by atoms with van der Waals surface area (Å²) in [6.45, 7) is 41.0. The first-order valence-corrected chi connectivity index (χ1v) is 53.1. The van der Waals surface area contributed by atoms with Crippen LogP contribution in [0.1, 0.15) is 347 Å². The van der Waals surface area contributed by atoms with Crippen molar-refractivity contribution in [1.82, 2.24) is 0 Å². The third-order valence-corrected chi connectivity index (χ3v) is 37.1. The summed E-state index contributed by atoms with van der Waals surface area (Å²) in [5.41, 5.74) is 1.60. The molecule has 143 heavy (non-hydrogen) atoms. The Morgan fingerprint density at radius 2 is 0.545 bits per heavy atom. The molecule has 28 aliphatic carbocycles. The molecule has 28 aliphatic rings. The summed E-state index contributed by atoms with van der Waals surface area (Å²) in [6, 6.07) is 0. The van der Waals surface area contributed by atoms with Gasteiger partial charge < -0.3 is 66.3 Å². The number of hydrogen-bond acceptors (Lipinski definition) is 26. The molecule has 14 unspecified atom stereocenters. The summed E-state index contributed by atoms with van der Waals surface area (Å²) in [6.07, 6.45) is 56.7. The lowest BCUT2D eigenvalue weighted by Crippen LogP contribution is -2.56. The highest BCUT2D eigenvalue weighted by atomic mass is 16.8. The predicted molar refractivity (Wildman–Crippen MR) is 538 cm³/mol. The van der Waals surface area contributed by atoms with E-state index in [-0.39, 0.29) is 113 Å². The zero-order valence-electron chi connectivity index (χ0n) is 85.1. The molecular formula is C117H174O26. The Morgan fingerprint density at radius 1 is 0.259 bits per heavy atom. The van der Waals surface area contributed by atoms with Crippen LogP contribution < -0.4 is 0 Å². The molecular weight excluding hydrogens is 1820 g/mol. The van der Waals surface area contributed by atoms with Crippen LogP contribution in [-0.2, 0) is 114 Å². The molecule has 26 nitrogen and oxygen atoms in total. The van der Waals surface area contributed by atoms with Gasteiger partial charge in [0.25, 0.3) is 0 Å². The number of carbonyl (C=O) groups excluding carboxylic acids is 12. The Morgan fingerprint density at radius 3 is 0.902 bits per heavy atom.